The minimum absolute atomic E-state index is 0.0728. The molecule has 0 aliphatic carbocycles. The van der Waals surface area contributed by atoms with Crippen LogP contribution in [0.5, 0.6) is 0 Å². The lowest BCUT2D eigenvalue weighted by atomic mass is 9.88. The number of aliphatic carboxylic acids is 1. The van der Waals surface area contributed by atoms with Crippen molar-refractivity contribution in [2.45, 2.75) is 17.8 Å². The number of thioether (sulfide) groups is 1. The molecule has 6 nitrogen and oxygen atoms in total. The van der Waals surface area contributed by atoms with Crippen LogP contribution < -0.4 is 4.57 Å². The number of amides is 1. The standard InChI is InChI=1S/C15H12ClN3O3S/c1-15(17-5-6-18-9(8-17)2-3-11(18)16)13(22)19-10(12(20)21)4-7-23-14(15)19/h2-6,8,14H,7H2,1H3/p+1/t14-,15?/m0/s1. The van der Waals surface area contributed by atoms with Crippen molar-refractivity contribution in [1.29, 1.82) is 0 Å². The van der Waals surface area contributed by atoms with Gasteiger partial charge >= 0.3 is 11.9 Å². The van der Waals surface area contributed by atoms with Gasteiger partial charge in [-0.1, -0.05) is 11.6 Å². The van der Waals surface area contributed by atoms with Crippen molar-refractivity contribution in [2.75, 3.05) is 5.75 Å². The van der Waals surface area contributed by atoms with E-state index in [1.807, 2.05) is 28.2 Å². The Kier molecular flexibility index (Phi) is 3.01. The fraction of sp³-hybridized carbons (Fsp3) is 0.267. The molecule has 0 saturated carbocycles. The summed E-state index contributed by atoms with van der Waals surface area (Å²) in [6, 6.07) is 3.67. The number of carbonyl (C=O) groups is 2. The highest BCUT2D eigenvalue weighted by molar-refractivity contribution is 8.00. The van der Waals surface area contributed by atoms with Crippen LogP contribution in [0.2, 0.25) is 5.15 Å². The van der Waals surface area contributed by atoms with Crippen molar-refractivity contribution in [2.24, 2.45) is 0 Å². The minimum atomic E-state index is -1.07. The Labute approximate surface area is 141 Å². The van der Waals surface area contributed by atoms with E-state index in [2.05, 4.69) is 0 Å². The van der Waals surface area contributed by atoms with Gasteiger partial charge in [-0.3, -0.25) is 14.1 Å². The van der Waals surface area contributed by atoms with E-state index < -0.39 is 11.5 Å². The van der Waals surface area contributed by atoms with E-state index in [4.69, 9.17) is 11.6 Å². The average molecular weight is 351 g/mol. The number of nitrogens with zero attached hydrogens (tertiary/aromatic N) is 3. The molecule has 1 saturated heterocycles. The van der Waals surface area contributed by atoms with Gasteiger partial charge in [0.1, 0.15) is 16.4 Å². The fourth-order valence-electron chi connectivity index (χ4n) is 3.17. The maximum absolute atomic E-state index is 12.7. The van der Waals surface area contributed by atoms with Gasteiger partial charge in [-0.25, -0.2) is 4.79 Å². The molecule has 4 rings (SSSR count). The Hall–Kier alpha value is -1.99. The zero-order valence-corrected chi connectivity index (χ0v) is 13.7. The first-order valence-electron chi connectivity index (χ1n) is 7.01. The quantitative estimate of drug-likeness (QED) is 0.658. The van der Waals surface area contributed by atoms with Crippen LogP contribution in [0.3, 0.4) is 0 Å². The van der Waals surface area contributed by atoms with Gasteiger partial charge in [-0.2, -0.15) is 4.57 Å². The molecule has 2 aliphatic heterocycles. The predicted octanol–water partition coefficient (Wildman–Crippen LogP) is 1.48. The van der Waals surface area contributed by atoms with Crippen LogP contribution in [0.1, 0.15) is 6.92 Å². The molecule has 1 N–H and O–H groups in total. The second kappa shape index (κ2) is 4.75. The van der Waals surface area contributed by atoms with Gasteiger partial charge in [0.15, 0.2) is 17.8 Å². The third-order valence-corrected chi connectivity index (χ3v) is 6.11. The summed E-state index contributed by atoms with van der Waals surface area (Å²) in [5.74, 6) is -0.703. The maximum atomic E-state index is 12.7. The SMILES string of the molecule is CC1([n+]2ccn3c(Cl)ccc3c2)C(=O)N2C(C(=O)O)=CCS[C@H]21. The van der Waals surface area contributed by atoms with E-state index in [0.717, 1.165) is 5.52 Å². The zero-order chi connectivity index (χ0) is 16.4. The van der Waals surface area contributed by atoms with Crippen molar-refractivity contribution in [3.63, 3.8) is 0 Å². The van der Waals surface area contributed by atoms with Gasteiger partial charge in [0.25, 0.3) is 5.54 Å². The molecule has 2 aromatic heterocycles. The fourth-order valence-corrected chi connectivity index (χ4v) is 4.73. The Bertz CT molecular complexity index is 893. The summed E-state index contributed by atoms with van der Waals surface area (Å²) in [6.45, 7) is 1.84. The van der Waals surface area contributed by atoms with E-state index in [1.54, 1.807) is 36.3 Å². The van der Waals surface area contributed by atoms with Crippen LogP contribution >= 0.6 is 23.4 Å². The molecule has 0 radical (unpaired) electrons. The number of hydrogen-bond donors (Lipinski definition) is 1. The van der Waals surface area contributed by atoms with Gasteiger partial charge in [0.2, 0.25) is 0 Å². The van der Waals surface area contributed by atoms with Crippen molar-refractivity contribution in [3.8, 4) is 0 Å². The maximum Gasteiger partial charge on any atom is 0.352 e. The topological polar surface area (TPSA) is 65.9 Å². The molecule has 0 spiro atoms. The Morgan fingerprint density at radius 3 is 3.04 bits per heavy atom. The van der Waals surface area contributed by atoms with Crippen LogP contribution in [-0.4, -0.2) is 37.4 Å². The zero-order valence-electron chi connectivity index (χ0n) is 12.1. The molecule has 2 aliphatic rings. The third kappa shape index (κ3) is 1.80. The molecule has 0 bridgehead atoms. The lowest BCUT2D eigenvalue weighted by Crippen LogP contribution is -2.80. The van der Waals surface area contributed by atoms with Gasteiger partial charge in [-0.05, 0) is 18.2 Å². The smallest absolute Gasteiger partial charge is 0.352 e. The molecule has 2 atom stereocenters. The summed E-state index contributed by atoms with van der Waals surface area (Å²) < 4.78 is 3.67. The largest absolute Gasteiger partial charge is 0.477 e. The van der Waals surface area contributed by atoms with Gasteiger partial charge < -0.3 is 5.11 Å². The number of rotatable bonds is 2. The highest BCUT2D eigenvalue weighted by Gasteiger charge is 2.68. The summed E-state index contributed by atoms with van der Waals surface area (Å²) in [5.41, 5.74) is 0.140. The first-order chi connectivity index (χ1) is 10.9. The Balaban J connectivity index is 1.77. The molecule has 1 fully saturated rings. The number of carboxylic acids is 1. The van der Waals surface area contributed by atoms with Crippen molar-refractivity contribution < 1.29 is 19.3 Å². The average Bonchev–Trinajstić information content (AvgIpc) is 2.93. The summed E-state index contributed by atoms with van der Waals surface area (Å²) in [4.78, 5) is 25.4. The normalized spacial score (nSPS) is 26.7. The molecule has 4 heterocycles. The molecular weight excluding hydrogens is 338 g/mol. The highest BCUT2D eigenvalue weighted by Crippen LogP contribution is 2.45. The van der Waals surface area contributed by atoms with Gasteiger partial charge in [0.05, 0.1) is 6.20 Å². The van der Waals surface area contributed by atoms with Crippen LogP contribution in [0.25, 0.3) is 5.52 Å². The molecule has 118 valence electrons. The molecule has 23 heavy (non-hydrogen) atoms. The van der Waals surface area contributed by atoms with Gasteiger partial charge in [0, 0.05) is 12.7 Å². The van der Waals surface area contributed by atoms with Crippen LogP contribution in [0, 0.1) is 0 Å². The van der Waals surface area contributed by atoms with Crippen molar-refractivity contribution >= 4 is 40.8 Å². The second-order valence-electron chi connectivity index (χ2n) is 5.69. The molecular formula is C15H13ClN3O3S+. The Morgan fingerprint density at radius 2 is 2.30 bits per heavy atom. The lowest BCUT2D eigenvalue weighted by molar-refractivity contribution is -0.755. The number of halogens is 1. The van der Waals surface area contributed by atoms with Crippen LogP contribution in [0.4, 0.5) is 0 Å². The van der Waals surface area contributed by atoms with Crippen LogP contribution in [-0.2, 0) is 15.1 Å². The van der Waals surface area contributed by atoms with E-state index in [0.29, 0.717) is 10.9 Å². The second-order valence-corrected chi connectivity index (χ2v) is 7.19. The molecule has 2 aromatic rings. The molecule has 0 aromatic carbocycles. The van der Waals surface area contributed by atoms with Crippen LogP contribution in [0.15, 0.2) is 42.5 Å². The van der Waals surface area contributed by atoms with E-state index in [-0.39, 0.29) is 17.0 Å². The number of hydrogen-bond acceptors (Lipinski definition) is 3. The highest BCUT2D eigenvalue weighted by atomic mass is 35.5. The Morgan fingerprint density at radius 1 is 1.52 bits per heavy atom. The number of carboxylic acid groups (broad SMARTS) is 1. The predicted molar refractivity (Wildman–Crippen MR) is 85.1 cm³/mol. The van der Waals surface area contributed by atoms with E-state index in [1.165, 1.54) is 4.90 Å². The first-order valence-corrected chi connectivity index (χ1v) is 8.44. The van der Waals surface area contributed by atoms with E-state index in [9.17, 15) is 14.7 Å². The number of aromatic nitrogens is 2. The lowest BCUT2D eigenvalue weighted by Gasteiger charge is -2.50. The van der Waals surface area contributed by atoms with Gasteiger partial charge in [-0.15, -0.1) is 11.8 Å². The number of carbonyl (C=O) groups excluding carboxylic acids is 1. The molecule has 1 amide bonds. The van der Waals surface area contributed by atoms with Crippen molar-refractivity contribution in [3.05, 3.63) is 47.6 Å². The van der Waals surface area contributed by atoms with Crippen molar-refractivity contribution in [1.82, 2.24) is 9.30 Å². The summed E-state index contributed by atoms with van der Waals surface area (Å²) in [7, 11) is 0. The molecule has 8 heteroatoms. The molecule has 1 unspecified atom stereocenters. The van der Waals surface area contributed by atoms with E-state index >= 15 is 0 Å². The summed E-state index contributed by atoms with van der Waals surface area (Å²) >= 11 is 7.64. The summed E-state index contributed by atoms with van der Waals surface area (Å²) in [5, 5.41) is 9.63. The number of β-lactam (4-membered cyclic amide) rings is 1. The third-order valence-electron chi connectivity index (χ3n) is 4.46. The monoisotopic (exact) mass is 350 g/mol. The first kappa shape index (κ1) is 14.6. The summed E-state index contributed by atoms with van der Waals surface area (Å²) in [6.07, 6.45) is 7.05. The number of fused-ring (bicyclic) bond motifs is 2. The minimum Gasteiger partial charge on any atom is -0.477 e.